The van der Waals surface area contributed by atoms with Crippen molar-refractivity contribution < 1.29 is 14.0 Å². The van der Waals surface area contributed by atoms with Crippen molar-refractivity contribution in [1.82, 2.24) is 10.2 Å². The maximum atomic E-state index is 13.7. The number of hydrogen-bond donors (Lipinski definition) is 1. The van der Waals surface area contributed by atoms with E-state index in [1.807, 2.05) is 6.92 Å². The van der Waals surface area contributed by atoms with Gasteiger partial charge in [0.2, 0.25) is 5.91 Å². The SMILES string of the molecule is CNC(=O)C1CCN(C(=O)c2cc(C)ccc2F)CC1. The molecule has 0 aliphatic carbocycles. The molecular weight excluding hydrogens is 259 g/mol. The Labute approximate surface area is 118 Å². The van der Waals surface area contributed by atoms with Crippen LogP contribution in [0.15, 0.2) is 18.2 Å². The molecule has 20 heavy (non-hydrogen) atoms. The zero-order valence-corrected chi connectivity index (χ0v) is 11.8. The van der Waals surface area contributed by atoms with Crippen LogP contribution in [0.4, 0.5) is 4.39 Å². The Morgan fingerprint density at radius 1 is 1.30 bits per heavy atom. The number of halogens is 1. The highest BCUT2D eigenvalue weighted by Crippen LogP contribution is 2.20. The minimum Gasteiger partial charge on any atom is -0.359 e. The molecule has 108 valence electrons. The van der Waals surface area contributed by atoms with Gasteiger partial charge in [-0.1, -0.05) is 11.6 Å². The second-order valence-electron chi connectivity index (χ2n) is 5.16. The Hall–Kier alpha value is -1.91. The lowest BCUT2D eigenvalue weighted by Gasteiger charge is -2.31. The highest BCUT2D eigenvalue weighted by Gasteiger charge is 2.28. The van der Waals surface area contributed by atoms with Crippen molar-refractivity contribution in [2.24, 2.45) is 5.92 Å². The van der Waals surface area contributed by atoms with E-state index in [9.17, 15) is 14.0 Å². The van der Waals surface area contributed by atoms with Crippen LogP contribution in [0.3, 0.4) is 0 Å². The van der Waals surface area contributed by atoms with E-state index >= 15 is 0 Å². The predicted molar refractivity (Wildman–Crippen MR) is 73.8 cm³/mol. The normalized spacial score (nSPS) is 16.1. The molecule has 1 N–H and O–H groups in total. The van der Waals surface area contributed by atoms with Crippen LogP contribution in [0.1, 0.15) is 28.8 Å². The second kappa shape index (κ2) is 6.03. The summed E-state index contributed by atoms with van der Waals surface area (Å²) in [6.07, 6.45) is 1.25. The minimum absolute atomic E-state index is 0.0128. The van der Waals surface area contributed by atoms with Gasteiger partial charge in [-0.3, -0.25) is 9.59 Å². The van der Waals surface area contributed by atoms with Crippen LogP contribution in [-0.2, 0) is 4.79 Å². The van der Waals surface area contributed by atoms with E-state index in [1.54, 1.807) is 24.1 Å². The van der Waals surface area contributed by atoms with E-state index in [2.05, 4.69) is 5.32 Å². The summed E-state index contributed by atoms with van der Waals surface area (Å²) in [5, 5.41) is 2.62. The van der Waals surface area contributed by atoms with Gasteiger partial charge in [-0.25, -0.2) is 4.39 Å². The van der Waals surface area contributed by atoms with Crippen LogP contribution in [-0.4, -0.2) is 36.9 Å². The molecule has 0 bridgehead atoms. The third kappa shape index (κ3) is 2.98. The maximum Gasteiger partial charge on any atom is 0.256 e. The first kappa shape index (κ1) is 14.5. The average Bonchev–Trinajstić information content (AvgIpc) is 2.48. The monoisotopic (exact) mass is 278 g/mol. The lowest BCUT2D eigenvalue weighted by atomic mass is 9.95. The van der Waals surface area contributed by atoms with Gasteiger partial charge in [0.05, 0.1) is 5.56 Å². The zero-order chi connectivity index (χ0) is 14.7. The molecule has 0 unspecified atom stereocenters. The van der Waals surface area contributed by atoms with Crippen LogP contribution in [0, 0.1) is 18.7 Å². The molecule has 2 rings (SSSR count). The third-order valence-corrected chi connectivity index (χ3v) is 3.75. The summed E-state index contributed by atoms with van der Waals surface area (Å²) in [5.41, 5.74) is 0.971. The summed E-state index contributed by atoms with van der Waals surface area (Å²) in [6.45, 7) is 2.81. The van der Waals surface area contributed by atoms with Crippen LogP contribution < -0.4 is 5.32 Å². The van der Waals surface area contributed by atoms with Gasteiger partial charge in [0.25, 0.3) is 5.91 Å². The number of nitrogens with zero attached hydrogens (tertiary/aromatic N) is 1. The topological polar surface area (TPSA) is 49.4 Å². The average molecular weight is 278 g/mol. The Balaban J connectivity index is 2.05. The van der Waals surface area contributed by atoms with Crippen molar-refractivity contribution in [2.75, 3.05) is 20.1 Å². The van der Waals surface area contributed by atoms with Gasteiger partial charge in [-0.05, 0) is 31.9 Å². The maximum absolute atomic E-state index is 13.7. The molecule has 0 saturated carbocycles. The Morgan fingerprint density at radius 3 is 2.55 bits per heavy atom. The van der Waals surface area contributed by atoms with Crippen LogP contribution >= 0.6 is 0 Å². The molecule has 1 aliphatic rings. The quantitative estimate of drug-likeness (QED) is 0.895. The molecule has 0 aromatic heterocycles. The molecule has 2 amide bonds. The van der Waals surface area contributed by atoms with Gasteiger partial charge in [0.15, 0.2) is 0 Å². The van der Waals surface area contributed by atoms with Gasteiger partial charge in [-0.2, -0.15) is 0 Å². The van der Waals surface area contributed by atoms with Crippen LogP contribution in [0.2, 0.25) is 0 Å². The van der Waals surface area contributed by atoms with Crippen molar-refractivity contribution in [2.45, 2.75) is 19.8 Å². The molecule has 0 radical (unpaired) electrons. The number of likely N-dealkylation sites (tertiary alicyclic amines) is 1. The van der Waals surface area contributed by atoms with E-state index in [1.165, 1.54) is 6.07 Å². The smallest absolute Gasteiger partial charge is 0.256 e. The van der Waals surface area contributed by atoms with Gasteiger partial charge in [0, 0.05) is 26.1 Å². The molecular formula is C15H19FN2O2. The van der Waals surface area contributed by atoms with Gasteiger partial charge in [0.1, 0.15) is 5.82 Å². The number of carbonyl (C=O) groups is 2. The van der Waals surface area contributed by atoms with E-state index in [0.29, 0.717) is 25.9 Å². The summed E-state index contributed by atoms with van der Waals surface area (Å²) < 4.78 is 13.7. The predicted octanol–water partition coefficient (Wildman–Crippen LogP) is 1.73. The molecule has 1 aliphatic heterocycles. The van der Waals surface area contributed by atoms with Crippen molar-refractivity contribution in [3.8, 4) is 0 Å². The molecule has 5 heteroatoms. The summed E-state index contributed by atoms with van der Waals surface area (Å²) in [4.78, 5) is 25.5. The Morgan fingerprint density at radius 2 is 1.95 bits per heavy atom. The summed E-state index contributed by atoms with van der Waals surface area (Å²) in [7, 11) is 1.61. The van der Waals surface area contributed by atoms with Gasteiger partial charge in [-0.15, -0.1) is 0 Å². The molecule has 1 aromatic rings. The van der Waals surface area contributed by atoms with Crippen molar-refractivity contribution in [1.29, 1.82) is 0 Å². The highest BCUT2D eigenvalue weighted by molar-refractivity contribution is 5.95. The number of nitrogens with one attached hydrogen (secondary N) is 1. The van der Waals surface area contributed by atoms with Crippen LogP contribution in [0.25, 0.3) is 0 Å². The Kier molecular flexibility index (Phi) is 4.37. The van der Waals surface area contributed by atoms with E-state index in [0.717, 1.165) is 5.56 Å². The van der Waals surface area contributed by atoms with E-state index < -0.39 is 5.82 Å². The number of rotatable bonds is 2. The molecule has 1 heterocycles. The fourth-order valence-electron chi connectivity index (χ4n) is 2.52. The Bertz CT molecular complexity index is 523. The lowest BCUT2D eigenvalue weighted by molar-refractivity contribution is -0.125. The first-order valence-electron chi connectivity index (χ1n) is 6.80. The minimum atomic E-state index is -0.492. The molecule has 1 fully saturated rings. The van der Waals surface area contributed by atoms with Crippen LogP contribution in [0.5, 0.6) is 0 Å². The van der Waals surface area contributed by atoms with E-state index in [-0.39, 0.29) is 23.3 Å². The molecule has 0 spiro atoms. The number of carbonyl (C=O) groups excluding carboxylic acids is 2. The highest BCUT2D eigenvalue weighted by atomic mass is 19.1. The molecule has 1 saturated heterocycles. The number of benzene rings is 1. The summed E-state index contributed by atoms with van der Waals surface area (Å²) in [6, 6.07) is 4.53. The standard InChI is InChI=1S/C15H19FN2O2/c1-10-3-4-13(16)12(9-10)15(20)18-7-5-11(6-8-18)14(19)17-2/h3-4,9,11H,5-8H2,1-2H3,(H,17,19). The first-order chi connectivity index (χ1) is 9.52. The molecule has 1 aromatic carbocycles. The summed E-state index contributed by atoms with van der Waals surface area (Å²) >= 11 is 0. The second-order valence-corrected chi connectivity index (χ2v) is 5.16. The zero-order valence-electron chi connectivity index (χ0n) is 11.8. The van der Waals surface area contributed by atoms with Gasteiger partial charge >= 0.3 is 0 Å². The largest absolute Gasteiger partial charge is 0.359 e. The van der Waals surface area contributed by atoms with Crippen molar-refractivity contribution in [3.05, 3.63) is 35.1 Å². The van der Waals surface area contributed by atoms with Gasteiger partial charge < -0.3 is 10.2 Å². The summed E-state index contributed by atoms with van der Waals surface area (Å²) in [5.74, 6) is -0.819. The fraction of sp³-hybridized carbons (Fsp3) is 0.467. The molecule has 4 nitrogen and oxygen atoms in total. The number of hydrogen-bond acceptors (Lipinski definition) is 2. The lowest BCUT2D eigenvalue weighted by Crippen LogP contribution is -2.42. The van der Waals surface area contributed by atoms with E-state index in [4.69, 9.17) is 0 Å². The third-order valence-electron chi connectivity index (χ3n) is 3.75. The first-order valence-corrected chi connectivity index (χ1v) is 6.80. The number of aryl methyl sites for hydroxylation is 1. The number of piperidine rings is 1. The van der Waals surface area contributed by atoms with Crippen molar-refractivity contribution in [3.63, 3.8) is 0 Å². The van der Waals surface area contributed by atoms with Crippen molar-refractivity contribution >= 4 is 11.8 Å². The number of amides is 2. The fourth-order valence-corrected chi connectivity index (χ4v) is 2.52. The molecule has 0 atom stereocenters.